The number of thioether (sulfide) groups is 1. The van der Waals surface area contributed by atoms with Gasteiger partial charge in [-0.3, -0.25) is 14.4 Å². The topological polar surface area (TPSA) is 90.4 Å². The highest BCUT2D eigenvalue weighted by Crippen LogP contribution is 2.68. The lowest BCUT2D eigenvalue weighted by atomic mass is 9.70. The van der Waals surface area contributed by atoms with Crippen LogP contribution in [0.5, 0.6) is 5.75 Å². The summed E-state index contributed by atoms with van der Waals surface area (Å²) in [7, 11) is 0. The van der Waals surface area contributed by atoms with Gasteiger partial charge in [0.15, 0.2) is 0 Å². The second-order valence-electron chi connectivity index (χ2n) is 12.1. The number of unbranched alkanes of at least 4 members (excludes halogenated alkanes) is 2. The number of aliphatic hydroxyl groups excluding tert-OH is 1. The Labute approximate surface area is 275 Å². The van der Waals surface area contributed by atoms with Gasteiger partial charge in [0.1, 0.15) is 11.8 Å². The third-order valence-corrected chi connectivity index (χ3v) is 12.5. The number of rotatable bonds is 17. The molecule has 3 heterocycles. The predicted molar refractivity (Wildman–Crippen MR) is 181 cm³/mol. The second-order valence-corrected chi connectivity index (χ2v) is 14.8. The van der Waals surface area contributed by atoms with Crippen LogP contribution in [0.25, 0.3) is 0 Å². The zero-order valence-corrected chi connectivity index (χ0v) is 28.7. The number of carbonyl (C=O) groups is 3. The predicted octanol–water partition coefficient (Wildman–Crippen LogP) is 5.43. The van der Waals surface area contributed by atoms with Crippen LogP contribution >= 0.6 is 27.7 Å². The molecular formula is C34H48BrN3O5S. The first-order valence-corrected chi connectivity index (χ1v) is 17.8. The molecule has 4 unspecified atom stereocenters. The number of amides is 3. The molecule has 0 saturated carbocycles. The number of benzene rings is 1. The molecule has 3 fully saturated rings. The number of likely N-dealkylation sites (tertiary alicyclic amines) is 1. The van der Waals surface area contributed by atoms with Crippen LogP contribution in [0.15, 0.2) is 49.6 Å². The van der Waals surface area contributed by atoms with E-state index in [1.54, 1.807) is 33.7 Å². The van der Waals surface area contributed by atoms with Crippen molar-refractivity contribution in [3.63, 3.8) is 0 Å². The molecular weight excluding hydrogens is 642 g/mol. The monoisotopic (exact) mass is 689 g/mol. The highest BCUT2D eigenvalue weighted by Gasteiger charge is 2.76. The van der Waals surface area contributed by atoms with Gasteiger partial charge in [0, 0.05) is 48.0 Å². The molecule has 10 heteroatoms. The van der Waals surface area contributed by atoms with E-state index >= 15 is 0 Å². The lowest BCUT2D eigenvalue weighted by Gasteiger charge is -2.40. The molecule has 44 heavy (non-hydrogen) atoms. The van der Waals surface area contributed by atoms with Crippen LogP contribution in [-0.2, 0) is 14.4 Å². The van der Waals surface area contributed by atoms with E-state index in [0.717, 1.165) is 30.7 Å². The molecule has 0 radical (unpaired) electrons. The molecule has 8 nitrogen and oxygen atoms in total. The molecule has 0 aliphatic carbocycles. The lowest BCUT2D eigenvalue weighted by molar-refractivity contribution is -0.143. The van der Waals surface area contributed by atoms with Crippen LogP contribution in [0.2, 0.25) is 0 Å². The second kappa shape index (κ2) is 15.3. The van der Waals surface area contributed by atoms with E-state index in [0.29, 0.717) is 45.5 Å². The molecule has 0 aromatic heterocycles. The zero-order valence-electron chi connectivity index (χ0n) is 26.3. The standard InChI is InChI=1S/C34H48BrN3O5S/c1-6-13-23(5)36(18-7-2)33(42)30-34-22-26(35)29(44-34)27(28(34)32(41)38(30)20-11-10-12-21-39)31(40)37(19-8-3)24-14-16-25(17-15-24)43-9-4/h7-8,14-17,23,26-30,39H,2-3,6,9-13,18-22H2,1,4-5H3/t23?,26?,27-,28+,29-,30?,34?/m1/s1. The maximum Gasteiger partial charge on any atom is 0.247 e. The van der Waals surface area contributed by atoms with Crippen molar-refractivity contribution >= 4 is 51.1 Å². The fraction of sp³-hybridized carbons (Fsp3) is 0.618. The van der Waals surface area contributed by atoms with E-state index in [1.165, 1.54) is 0 Å². The zero-order chi connectivity index (χ0) is 32.0. The van der Waals surface area contributed by atoms with Crippen LogP contribution in [0, 0.1) is 11.8 Å². The number of hydrogen-bond donors (Lipinski definition) is 1. The quantitative estimate of drug-likeness (QED) is 0.133. The number of halogens is 1. The largest absolute Gasteiger partial charge is 0.494 e. The molecule has 3 amide bonds. The average Bonchev–Trinajstić information content (AvgIpc) is 3.60. The molecule has 3 saturated heterocycles. The Kier molecular flexibility index (Phi) is 12.0. The first-order valence-electron chi connectivity index (χ1n) is 16.0. The summed E-state index contributed by atoms with van der Waals surface area (Å²) in [4.78, 5) is 49.1. The number of anilines is 1. The Morgan fingerprint density at radius 3 is 2.48 bits per heavy atom. The van der Waals surface area contributed by atoms with Gasteiger partial charge in [-0.15, -0.1) is 24.9 Å². The van der Waals surface area contributed by atoms with Crippen LogP contribution < -0.4 is 9.64 Å². The fourth-order valence-corrected chi connectivity index (χ4v) is 11.0. The van der Waals surface area contributed by atoms with Crippen LogP contribution in [0.4, 0.5) is 5.69 Å². The Morgan fingerprint density at radius 1 is 1.16 bits per heavy atom. The van der Waals surface area contributed by atoms with Crippen LogP contribution in [0.1, 0.15) is 59.3 Å². The van der Waals surface area contributed by atoms with Crippen LogP contribution in [0.3, 0.4) is 0 Å². The van der Waals surface area contributed by atoms with Crippen molar-refractivity contribution in [2.75, 3.05) is 37.7 Å². The molecule has 1 N–H and O–H groups in total. The van der Waals surface area contributed by atoms with Gasteiger partial charge in [-0.2, -0.15) is 0 Å². The maximum atomic E-state index is 14.6. The van der Waals surface area contributed by atoms with Crippen LogP contribution in [-0.4, -0.2) is 92.4 Å². The Hall–Kier alpha value is -2.30. The molecule has 4 rings (SSSR count). The highest BCUT2D eigenvalue weighted by atomic mass is 79.9. The minimum Gasteiger partial charge on any atom is -0.494 e. The summed E-state index contributed by atoms with van der Waals surface area (Å²) in [6.07, 6.45) is 7.97. The van der Waals surface area contributed by atoms with E-state index in [2.05, 4.69) is 42.9 Å². The van der Waals surface area contributed by atoms with Gasteiger partial charge in [0.2, 0.25) is 17.7 Å². The number of hydrogen-bond acceptors (Lipinski definition) is 6. The average molecular weight is 691 g/mol. The van der Waals surface area contributed by atoms with E-state index in [1.807, 2.05) is 36.1 Å². The molecule has 3 aliphatic rings. The van der Waals surface area contributed by atoms with E-state index < -0.39 is 22.6 Å². The first-order chi connectivity index (χ1) is 21.2. The van der Waals surface area contributed by atoms with Gasteiger partial charge in [-0.1, -0.05) is 41.4 Å². The minimum atomic E-state index is -0.714. The molecule has 7 atom stereocenters. The minimum absolute atomic E-state index is 0.00386. The van der Waals surface area contributed by atoms with Crippen molar-refractivity contribution in [2.45, 2.75) is 86.2 Å². The van der Waals surface area contributed by atoms with E-state index in [-0.39, 0.29) is 40.4 Å². The number of nitrogens with zero attached hydrogens (tertiary/aromatic N) is 3. The smallest absolute Gasteiger partial charge is 0.247 e. The number of ether oxygens (including phenoxy) is 1. The SMILES string of the molecule is C=CCN(C(=O)[C@H]1[C@@H]2SC3(CC2Br)C(C(=O)N(CC=C)C(C)CCC)N(CCCCCO)C(=O)[C@H]13)c1ccc(OCC)cc1. The van der Waals surface area contributed by atoms with Crippen molar-refractivity contribution in [3.8, 4) is 5.75 Å². The summed E-state index contributed by atoms with van der Waals surface area (Å²) in [5, 5.41) is 9.21. The number of carbonyl (C=O) groups excluding carboxylic acids is 3. The maximum absolute atomic E-state index is 14.6. The van der Waals surface area contributed by atoms with Gasteiger partial charge in [0.05, 0.1) is 23.2 Å². The Bertz CT molecular complexity index is 1200. The van der Waals surface area contributed by atoms with E-state index in [9.17, 15) is 19.5 Å². The van der Waals surface area contributed by atoms with Crippen molar-refractivity contribution in [2.24, 2.45) is 11.8 Å². The Morgan fingerprint density at radius 2 is 1.86 bits per heavy atom. The molecule has 1 aromatic carbocycles. The summed E-state index contributed by atoms with van der Waals surface area (Å²) in [5.41, 5.74) is 0.718. The van der Waals surface area contributed by atoms with Gasteiger partial charge in [0.25, 0.3) is 0 Å². The fourth-order valence-electron chi connectivity index (χ4n) is 7.38. The van der Waals surface area contributed by atoms with Crippen molar-refractivity contribution in [1.82, 2.24) is 9.80 Å². The summed E-state index contributed by atoms with van der Waals surface area (Å²) < 4.78 is 4.89. The highest BCUT2D eigenvalue weighted by molar-refractivity contribution is 9.09. The normalized spacial score (nSPS) is 27.6. The molecule has 1 aromatic rings. The van der Waals surface area contributed by atoms with Crippen molar-refractivity contribution in [3.05, 3.63) is 49.6 Å². The van der Waals surface area contributed by atoms with Crippen molar-refractivity contribution < 1.29 is 24.2 Å². The van der Waals surface area contributed by atoms with Gasteiger partial charge < -0.3 is 24.5 Å². The molecule has 3 aliphatic heterocycles. The van der Waals surface area contributed by atoms with E-state index in [4.69, 9.17) is 4.74 Å². The third kappa shape index (κ3) is 6.49. The van der Waals surface area contributed by atoms with Gasteiger partial charge in [-0.05, 0) is 70.2 Å². The molecule has 2 bridgehead atoms. The third-order valence-electron chi connectivity index (χ3n) is 9.25. The molecule has 242 valence electrons. The number of fused-ring (bicyclic) bond motifs is 1. The Balaban J connectivity index is 1.74. The summed E-state index contributed by atoms with van der Waals surface area (Å²) in [5.74, 6) is -0.746. The lowest BCUT2D eigenvalue weighted by Crippen LogP contribution is -2.57. The summed E-state index contributed by atoms with van der Waals surface area (Å²) in [6.45, 7) is 15.7. The first kappa shape index (κ1) is 34.6. The molecule has 1 spiro atoms. The summed E-state index contributed by atoms with van der Waals surface area (Å²) >= 11 is 5.56. The number of alkyl halides is 1. The van der Waals surface area contributed by atoms with Crippen molar-refractivity contribution in [1.29, 1.82) is 0 Å². The number of aliphatic hydroxyl groups is 1. The van der Waals surface area contributed by atoms with Gasteiger partial charge in [-0.25, -0.2) is 0 Å². The summed E-state index contributed by atoms with van der Waals surface area (Å²) in [6, 6.07) is 6.76. The van der Waals surface area contributed by atoms with Gasteiger partial charge >= 0.3 is 0 Å².